The minimum atomic E-state index is -0.271. The van der Waals surface area contributed by atoms with Gasteiger partial charge in [-0.25, -0.2) is 0 Å². The van der Waals surface area contributed by atoms with Crippen LogP contribution in [0.4, 0.5) is 0 Å². The third-order valence-corrected chi connectivity index (χ3v) is 2.51. The molecule has 7 heteroatoms. The third-order valence-electron chi connectivity index (χ3n) is 2.26. The lowest BCUT2D eigenvalue weighted by Gasteiger charge is -2.27. The van der Waals surface area contributed by atoms with Crippen LogP contribution in [-0.2, 0) is 0 Å². The first-order valence-electron chi connectivity index (χ1n) is 4.66. The molecule has 1 aromatic rings. The van der Waals surface area contributed by atoms with Gasteiger partial charge in [0, 0.05) is 5.02 Å². The summed E-state index contributed by atoms with van der Waals surface area (Å²) in [6.07, 6.45) is 0. The highest BCUT2D eigenvalue weighted by Gasteiger charge is 2.19. The summed E-state index contributed by atoms with van der Waals surface area (Å²) < 4.78 is 0. The van der Waals surface area contributed by atoms with Crippen LogP contribution in [0.25, 0.3) is 0 Å². The van der Waals surface area contributed by atoms with Crippen molar-refractivity contribution in [1.29, 1.82) is 10.8 Å². The first-order chi connectivity index (χ1) is 7.43. The molecule has 0 saturated heterocycles. The lowest BCUT2D eigenvalue weighted by atomic mass is 10.1. The number of halogens is 2. The molecule has 1 rings (SSSR count). The molecule has 17 heavy (non-hydrogen) atoms. The van der Waals surface area contributed by atoms with Gasteiger partial charge in [-0.2, -0.15) is 0 Å². The maximum absolute atomic E-state index is 7.36. The summed E-state index contributed by atoms with van der Waals surface area (Å²) in [5.41, 5.74) is 11.6. The fourth-order valence-corrected chi connectivity index (χ4v) is 1.56. The van der Waals surface area contributed by atoms with Gasteiger partial charge in [-0.3, -0.25) is 15.7 Å². The predicted octanol–water partition coefficient (Wildman–Crippen LogP) is 1.91. The van der Waals surface area contributed by atoms with Gasteiger partial charge in [0.1, 0.15) is 0 Å². The molecule has 0 aliphatic heterocycles. The molecule has 0 heterocycles. The van der Waals surface area contributed by atoms with Crippen molar-refractivity contribution >= 4 is 35.9 Å². The first kappa shape index (κ1) is 15.5. The van der Waals surface area contributed by atoms with Crippen LogP contribution < -0.4 is 11.5 Å². The Morgan fingerprint density at radius 2 is 1.59 bits per heavy atom. The number of hydrogen-bond donors (Lipinski definition) is 4. The number of benzene rings is 1. The molecule has 6 N–H and O–H groups in total. The molecule has 0 fully saturated rings. The largest absolute Gasteiger partial charge is 0.370 e. The van der Waals surface area contributed by atoms with Crippen molar-refractivity contribution in [3.63, 3.8) is 0 Å². The molecular weight excluding hydrogens is 261 g/mol. The third kappa shape index (κ3) is 3.80. The Bertz CT molecular complexity index is 390. The zero-order chi connectivity index (χ0) is 12.3. The summed E-state index contributed by atoms with van der Waals surface area (Å²) in [6, 6.07) is 6.84. The fraction of sp³-hybridized carbons (Fsp3) is 0.200. The summed E-state index contributed by atoms with van der Waals surface area (Å²) in [6.45, 7) is 1.81. The van der Waals surface area contributed by atoms with Gasteiger partial charge in [-0.05, 0) is 24.6 Å². The number of nitrogens with zero attached hydrogens (tertiary/aromatic N) is 1. The maximum atomic E-state index is 7.36. The zero-order valence-corrected chi connectivity index (χ0v) is 10.8. The zero-order valence-electron chi connectivity index (χ0n) is 9.27. The van der Waals surface area contributed by atoms with Crippen LogP contribution in [0.1, 0.15) is 18.5 Å². The van der Waals surface area contributed by atoms with Crippen molar-refractivity contribution in [1.82, 2.24) is 4.90 Å². The van der Waals surface area contributed by atoms with Crippen molar-refractivity contribution in [2.45, 2.75) is 13.0 Å². The molecule has 0 saturated carbocycles. The number of guanidine groups is 2. The molecule has 0 aliphatic rings. The van der Waals surface area contributed by atoms with Gasteiger partial charge in [0.05, 0.1) is 6.04 Å². The van der Waals surface area contributed by atoms with Gasteiger partial charge in [0.15, 0.2) is 11.9 Å². The fourth-order valence-electron chi connectivity index (χ4n) is 1.44. The van der Waals surface area contributed by atoms with E-state index < -0.39 is 0 Å². The van der Waals surface area contributed by atoms with E-state index in [9.17, 15) is 0 Å². The van der Waals surface area contributed by atoms with Crippen molar-refractivity contribution in [3.8, 4) is 0 Å². The van der Waals surface area contributed by atoms with E-state index in [0.717, 1.165) is 5.56 Å². The van der Waals surface area contributed by atoms with Gasteiger partial charge in [0.2, 0.25) is 0 Å². The molecule has 0 amide bonds. The average molecular weight is 276 g/mol. The van der Waals surface area contributed by atoms with Gasteiger partial charge < -0.3 is 11.5 Å². The topological polar surface area (TPSA) is 103 Å². The molecular formula is C10H15Cl2N5. The highest BCUT2D eigenvalue weighted by atomic mass is 35.5. The second-order valence-corrected chi connectivity index (χ2v) is 3.80. The van der Waals surface area contributed by atoms with Gasteiger partial charge >= 0.3 is 0 Å². The monoisotopic (exact) mass is 275 g/mol. The highest BCUT2D eigenvalue weighted by molar-refractivity contribution is 6.30. The van der Waals surface area contributed by atoms with Crippen molar-refractivity contribution < 1.29 is 0 Å². The van der Waals surface area contributed by atoms with Crippen molar-refractivity contribution in [2.24, 2.45) is 11.5 Å². The number of nitrogens with one attached hydrogen (secondary N) is 2. The molecule has 1 atom stereocenters. The average Bonchev–Trinajstić information content (AvgIpc) is 2.17. The van der Waals surface area contributed by atoms with E-state index in [4.69, 9.17) is 33.9 Å². The molecule has 0 bridgehead atoms. The Hall–Kier alpha value is -1.46. The van der Waals surface area contributed by atoms with Crippen LogP contribution in [0.5, 0.6) is 0 Å². The van der Waals surface area contributed by atoms with E-state index in [2.05, 4.69) is 0 Å². The van der Waals surface area contributed by atoms with E-state index in [1.165, 1.54) is 4.90 Å². The van der Waals surface area contributed by atoms with Crippen LogP contribution in [0.15, 0.2) is 24.3 Å². The number of hydrogen-bond acceptors (Lipinski definition) is 2. The van der Waals surface area contributed by atoms with Gasteiger partial charge in [-0.1, -0.05) is 23.7 Å². The molecule has 1 aromatic carbocycles. The van der Waals surface area contributed by atoms with Crippen molar-refractivity contribution in [2.75, 3.05) is 0 Å². The summed E-state index contributed by atoms with van der Waals surface area (Å²) >= 11 is 5.77. The summed E-state index contributed by atoms with van der Waals surface area (Å²) in [5.74, 6) is -0.509. The van der Waals surface area contributed by atoms with Crippen LogP contribution >= 0.6 is 24.0 Å². The Kier molecular flexibility index (Phi) is 5.78. The molecule has 0 spiro atoms. The van der Waals surface area contributed by atoms with Crippen LogP contribution in [-0.4, -0.2) is 16.8 Å². The summed E-state index contributed by atoms with van der Waals surface area (Å²) in [7, 11) is 0. The second-order valence-electron chi connectivity index (χ2n) is 3.37. The smallest absolute Gasteiger partial charge is 0.195 e. The minimum Gasteiger partial charge on any atom is -0.370 e. The molecule has 0 aliphatic carbocycles. The highest BCUT2D eigenvalue weighted by Crippen LogP contribution is 2.21. The SMILES string of the molecule is CC(c1ccc(Cl)cc1)N(C(=N)N)C(=N)N.Cl. The van der Waals surface area contributed by atoms with Gasteiger partial charge in [-0.15, -0.1) is 12.4 Å². The number of nitrogens with two attached hydrogens (primary N) is 2. The molecule has 0 radical (unpaired) electrons. The normalized spacial score (nSPS) is 11.2. The van der Waals surface area contributed by atoms with E-state index in [0.29, 0.717) is 5.02 Å². The van der Waals surface area contributed by atoms with E-state index in [1.54, 1.807) is 12.1 Å². The number of rotatable bonds is 2. The Morgan fingerprint density at radius 1 is 1.18 bits per heavy atom. The van der Waals surface area contributed by atoms with Gasteiger partial charge in [0.25, 0.3) is 0 Å². The standard InChI is InChI=1S/C10H14ClN5.ClH/c1-6(16(9(12)13)10(14)15)7-2-4-8(11)5-3-7;/h2-6H,1H3,(H3,12,13)(H3,14,15);1H. The molecule has 1 unspecified atom stereocenters. The van der Waals surface area contributed by atoms with Crippen molar-refractivity contribution in [3.05, 3.63) is 34.9 Å². The predicted molar refractivity (Wildman–Crippen MR) is 72.8 cm³/mol. The quantitative estimate of drug-likeness (QED) is 0.490. The van der Waals surface area contributed by atoms with E-state index in [-0.39, 0.29) is 30.4 Å². The van der Waals surface area contributed by atoms with Crippen LogP contribution in [0, 0.1) is 10.8 Å². The minimum absolute atomic E-state index is 0. The Morgan fingerprint density at radius 3 is 1.94 bits per heavy atom. The lowest BCUT2D eigenvalue weighted by Crippen LogP contribution is -2.46. The Labute approximate surface area is 111 Å². The summed E-state index contributed by atoms with van der Waals surface area (Å²) in [5, 5.41) is 15.4. The van der Waals surface area contributed by atoms with Crippen LogP contribution in [0.2, 0.25) is 5.02 Å². The summed E-state index contributed by atoms with van der Waals surface area (Å²) in [4.78, 5) is 1.23. The maximum Gasteiger partial charge on any atom is 0.195 e. The second kappa shape index (κ2) is 6.32. The molecule has 0 aromatic heterocycles. The van der Waals surface area contributed by atoms with E-state index in [1.807, 2.05) is 19.1 Å². The lowest BCUT2D eigenvalue weighted by molar-refractivity contribution is 0.469. The molecule has 5 nitrogen and oxygen atoms in total. The van der Waals surface area contributed by atoms with Crippen LogP contribution in [0.3, 0.4) is 0 Å². The molecule has 94 valence electrons. The van der Waals surface area contributed by atoms with E-state index >= 15 is 0 Å². The first-order valence-corrected chi connectivity index (χ1v) is 5.04. The Balaban J connectivity index is 0.00000256.